The molecule has 152 valence electrons. The second-order valence-electron chi connectivity index (χ2n) is 6.45. The van der Waals surface area contributed by atoms with E-state index in [1.165, 1.54) is 12.7 Å². The van der Waals surface area contributed by atoms with Crippen molar-refractivity contribution in [3.63, 3.8) is 0 Å². The number of carbonyl (C=O) groups excluding carboxylic acids is 1. The monoisotopic (exact) mass is 420 g/mol. The highest BCUT2D eigenvalue weighted by molar-refractivity contribution is 5.91. The van der Waals surface area contributed by atoms with Crippen molar-refractivity contribution >= 4 is 46.7 Å². The molecule has 0 saturated carbocycles. The van der Waals surface area contributed by atoms with Crippen LogP contribution in [0.1, 0.15) is 15.9 Å². The van der Waals surface area contributed by atoms with Gasteiger partial charge in [0.15, 0.2) is 0 Å². The maximum atomic E-state index is 11.6. The van der Waals surface area contributed by atoms with Gasteiger partial charge in [0.1, 0.15) is 5.82 Å². The van der Waals surface area contributed by atoms with Crippen LogP contribution in [0.5, 0.6) is 0 Å². The predicted octanol–water partition coefficient (Wildman–Crippen LogP) is 5.19. The molecule has 0 fully saturated rings. The van der Waals surface area contributed by atoms with E-state index in [1.807, 2.05) is 42.5 Å². The summed E-state index contributed by atoms with van der Waals surface area (Å²) in [5.74, 6) is 0.865. The number of carbonyl (C=O) groups is 1. The van der Waals surface area contributed by atoms with Crippen molar-refractivity contribution in [1.82, 2.24) is 9.97 Å². The van der Waals surface area contributed by atoms with Crippen molar-refractivity contribution in [3.05, 3.63) is 90.0 Å². The van der Waals surface area contributed by atoms with E-state index in [1.54, 1.807) is 24.3 Å². The van der Waals surface area contributed by atoms with Crippen molar-refractivity contribution in [2.75, 3.05) is 17.7 Å². The molecule has 7 heteroatoms. The summed E-state index contributed by atoms with van der Waals surface area (Å²) in [5.41, 5.74) is 3.28. The molecule has 6 nitrogen and oxygen atoms in total. The summed E-state index contributed by atoms with van der Waals surface area (Å²) in [5, 5.41) is 7.57. The van der Waals surface area contributed by atoms with Gasteiger partial charge in [-0.2, -0.15) is 4.98 Å². The molecule has 0 radical (unpaired) electrons. The van der Waals surface area contributed by atoms with Gasteiger partial charge in [0, 0.05) is 17.6 Å². The molecule has 0 aliphatic heterocycles. The van der Waals surface area contributed by atoms with Crippen LogP contribution in [0.25, 0.3) is 10.9 Å². The zero-order chi connectivity index (χ0) is 20.1. The quantitative estimate of drug-likeness (QED) is 0.418. The maximum absolute atomic E-state index is 11.6. The van der Waals surface area contributed by atoms with Crippen molar-refractivity contribution < 1.29 is 9.53 Å². The van der Waals surface area contributed by atoms with Gasteiger partial charge in [-0.3, -0.25) is 0 Å². The third-order valence-corrected chi connectivity index (χ3v) is 4.47. The summed E-state index contributed by atoms with van der Waals surface area (Å²) in [4.78, 5) is 20.9. The first-order valence-electron chi connectivity index (χ1n) is 9.23. The predicted molar refractivity (Wildman–Crippen MR) is 122 cm³/mol. The van der Waals surface area contributed by atoms with Gasteiger partial charge < -0.3 is 15.4 Å². The molecule has 0 saturated heterocycles. The lowest BCUT2D eigenvalue weighted by atomic mass is 10.2. The number of nitrogens with zero attached hydrogens (tertiary/aromatic N) is 2. The number of anilines is 3. The number of nitrogens with one attached hydrogen (secondary N) is 2. The Hall–Kier alpha value is -3.64. The van der Waals surface area contributed by atoms with Gasteiger partial charge in [-0.1, -0.05) is 42.5 Å². The Morgan fingerprint density at radius 3 is 2.33 bits per heavy atom. The highest BCUT2D eigenvalue weighted by Crippen LogP contribution is 2.24. The van der Waals surface area contributed by atoms with Gasteiger partial charge in [0.05, 0.1) is 18.2 Å². The fourth-order valence-electron chi connectivity index (χ4n) is 2.99. The van der Waals surface area contributed by atoms with E-state index in [4.69, 9.17) is 4.74 Å². The third-order valence-electron chi connectivity index (χ3n) is 4.47. The molecule has 0 bridgehead atoms. The average Bonchev–Trinajstić information content (AvgIpc) is 2.78. The number of benzene rings is 3. The molecule has 3 aromatic carbocycles. The summed E-state index contributed by atoms with van der Waals surface area (Å²) < 4.78 is 4.73. The molecule has 0 amide bonds. The molecule has 4 aromatic rings. The number of esters is 1. The molecule has 1 heterocycles. The van der Waals surface area contributed by atoms with Crippen molar-refractivity contribution in [1.29, 1.82) is 0 Å². The summed E-state index contributed by atoms with van der Waals surface area (Å²) in [6.07, 6.45) is 0. The summed E-state index contributed by atoms with van der Waals surface area (Å²) in [6, 6.07) is 25.0. The molecule has 0 aliphatic carbocycles. The van der Waals surface area contributed by atoms with Crippen LogP contribution >= 0.6 is 12.4 Å². The molecule has 0 spiro atoms. The minimum atomic E-state index is -0.370. The smallest absolute Gasteiger partial charge is 0.337 e. The van der Waals surface area contributed by atoms with Crippen LogP contribution < -0.4 is 10.6 Å². The van der Waals surface area contributed by atoms with Gasteiger partial charge in [-0.05, 0) is 42.0 Å². The second kappa shape index (κ2) is 9.71. The lowest BCUT2D eigenvalue weighted by Crippen LogP contribution is -2.06. The molecule has 30 heavy (non-hydrogen) atoms. The minimum absolute atomic E-state index is 0. The van der Waals surface area contributed by atoms with Crippen LogP contribution in [0.3, 0.4) is 0 Å². The number of hydrogen-bond donors (Lipinski definition) is 2. The Labute approximate surface area is 180 Å². The molecular weight excluding hydrogens is 400 g/mol. The number of methoxy groups -OCH3 is 1. The Morgan fingerprint density at radius 2 is 1.60 bits per heavy atom. The Morgan fingerprint density at radius 1 is 0.900 bits per heavy atom. The first kappa shape index (κ1) is 21.1. The second-order valence-corrected chi connectivity index (χ2v) is 6.45. The molecule has 1 aromatic heterocycles. The third kappa shape index (κ3) is 4.85. The normalized spacial score (nSPS) is 10.2. The maximum Gasteiger partial charge on any atom is 0.337 e. The zero-order valence-corrected chi connectivity index (χ0v) is 17.1. The Bertz CT molecular complexity index is 1130. The zero-order valence-electron chi connectivity index (χ0n) is 16.3. The molecule has 4 rings (SSSR count). The largest absolute Gasteiger partial charge is 0.465 e. The van der Waals surface area contributed by atoms with Gasteiger partial charge in [0.25, 0.3) is 0 Å². The van der Waals surface area contributed by atoms with E-state index in [0.29, 0.717) is 18.1 Å². The van der Waals surface area contributed by atoms with Crippen molar-refractivity contribution in [2.45, 2.75) is 6.54 Å². The van der Waals surface area contributed by atoms with E-state index < -0.39 is 0 Å². The number of hydrogen-bond acceptors (Lipinski definition) is 6. The van der Waals surface area contributed by atoms with Crippen LogP contribution in [0.15, 0.2) is 78.9 Å². The van der Waals surface area contributed by atoms with Crippen LogP contribution in [0.4, 0.5) is 17.5 Å². The van der Waals surface area contributed by atoms with Crippen LogP contribution in [0, 0.1) is 0 Å². The lowest BCUT2D eigenvalue weighted by Gasteiger charge is -2.12. The van der Waals surface area contributed by atoms with Crippen molar-refractivity contribution in [2.24, 2.45) is 0 Å². The molecule has 0 atom stereocenters. The molecule has 0 unspecified atom stereocenters. The fourth-order valence-corrected chi connectivity index (χ4v) is 2.99. The van der Waals surface area contributed by atoms with E-state index in [-0.39, 0.29) is 18.4 Å². The van der Waals surface area contributed by atoms with Crippen LogP contribution in [0.2, 0.25) is 0 Å². The first-order chi connectivity index (χ1) is 14.2. The van der Waals surface area contributed by atoms with Gasteiger partial charge in [-0.15, -0.1) is 12.4 Å². The Balaban J connectivity index is 0.00000256. The molecule has 2 N–H and O–H groups in total. The first-order valence-corrected chi connectivity index (χ1v) is 9.23. The van der Waals surface area contributed by atoms with Crippen LogP contribution in [-0.2, 0) is 11.3 Å². The number of fused-ring (bicyclic) bond motifs is 1. The van der Waals surface area contributed by atoms with E-state index in [2.05, 4.69) is 32.7 Å². The number of rotatable bonds is 6. The SMILES string of the molecule is COC(=O)c1ccc(Nc2nc(NCc3ccccc3)c3ccccc3n2)cc1.Cl. The van der Waals surface area contributed by atoms with Gasteiger partial charge >= 0.3 is 5.97 Å². The number of halogens is 1. The topological polar surface area (TPSA) is 76.1 Å². The van der Waals surface area contributed by atoms with Gasteiger partial charge in [-0.25, -0.2) is 9.78 Å². The molecule has 0 aliphatic rings. The minimum Gasteiger partial charge on any atom is -0.465 e. The summed E-state index contributed by atoms with van der Waals surface area (Å²) >= 11 is 0. The standard InChI is InChI=1S/C23H20N4O2.ClH/c1-29-22(28)17-11-13-18(14-12-17)25-23-26-20-10-6-5-9-19(20)21(27-23)24-15-16-7-3-2-4-8-16;/h2-14H,15H2,1H3,(H2,24,25,26,27);1H. The summed E-state index contributed by atoms with van der Waals surface area (Å²) in [7, 11) is 1.36. The highest BCUT2D eigenvalue weighted by Gasteiger charge is 2.09. The highest BCUT2D eigenvalue weighted by atomic mass is 35.5. The number of ether oxygens (including phenoxy) is 1. The van der Waals surface area contributed by atoms with E-state index in [0.717, 1.165) is 22.4 Å². The van der Waals surface area contributed by atoms with E-state index in [9.17, 15) is 4.79 Å². The van der Waals surface area contributed by atoms with Crippen molar-refractivity contribution in [3.8, 4) is 0 Å². The average molecular weight is 421 g/mol. The number of para-hydroxylation sites is 1. The van der Waals surface area contributed by atoms with E-state index >= 15 is 0 Å². The Kier molecular flexibility index (Phi) is 6.83. The summed E-state index contributed by atoms with van der Waals surface area (Å²) in [6.45, 7) is 0.662. The molecular formula is C23H21ClN4O2. The van der Waals surface area contributed by atoms with Gasteiger partial charge in [0.2, 0.25) is 5.95 Å². The number of aromatic nitrogens is 2. The van der Waals surface area contributed by atoms with Crippen LogP contribution in [-0.4, -0.2) is 23.0 Å². The fraction of sp³-hybridized carbons (Fsp3) is 0.0870. The lowest BCUT2D eigenvalue weighted by molar-refractivity contribution is 0.0601.